The predicted molar refractivity (Wildman–Crippen MR) is 96.0 cm³/mol. The number of ether oxygens (including phenoxy) is 3. The van der Waals surface area contributed by atoms with Gasteiger partial charge in [-0.2, -0.15) is 0 Å². The van der Waals surface area contributed by atoms with Crippen LogP contribution in [0, 0.1) is 16.0 Å². The van der Waals surface area contributed by atoms with E-state index in [0.29, 0.717) is 5.92 Å². The van der Waals surface area contributed by atoms with Crippen LogP contribution in [0.3, 0.4) is 0 Å². The van der Waals surface area contributed by atoms with Crippen molar-refractivity contribution in [3.05, 3.63) is 27.8 Å². The third-order valence-corrected chi connectivity index (χ3v) is 4.71. The smallest absolute Gasteiger partial charge is 0.345 e. The highest BCUT2D eigenvalue weighted by atomic mass is 16.6. The summed E-state index contributed by atoms with van der Waals surface area (Å²) in [6, 6.07) is 2.31. The molecule has 1 amide bonds. The Labute approximate surface area is 157 Å². The average Bonchev–Trinajstić information content (AvgIpc) is 2.66. The molecule has 0 saturated heterocycles. The number of carbonyl (C=O) groups is 2. The van der Waals surface area contributed by atoms with Crippen LogP contribution in [0.4, 0.5) is 5.69 Å². The Balaban J connectivity index is 2.06. The first-order valence-electron chi connectivity index (χ1n) is 8.74. The number of nitro benzene ring substituents is 1. The number of amides is 1. The molecule has 0 heterocycles. The Bertz CT molecular complexity index is 720. The van der Waals surface area contributed by atoms with Gasteiger partial charge in [0.15, 0.2) is 18.1 Å². The molecule has 1 N–H and O–H groups in total. The Morgan fingerprint density at radius 3 is 2.41 bits per heavy atom. The SMILES string of the molecule is COc1cc(C(=O)OCC(=O)NC2CCCCC2C)c([N+](=O)[O-])cc1OC. The molecule has 1 aromatic carbocycles. The zero-order valence-corrected chi connectivity index (χ0v) is 15.6. The molecule has 1 saturated carbocycles. The van der Waals surface area contributed by atoms with Gasteiger partial charge in [0.2, 0.25) is 0 Å². The molecule has 9 heteroatoms. The van der Waals surface area contributed by atoms with Crippen molar-refractivity contribution in [1.29, 1.82) is 0 Å². The molecule has 1 fully saturated rings. The van der Waals surface area contributed by atoms with E-state index in [1.54, 1.807) is 0 Å². The van der Waals surface area contributed by atoms with Crippen LogP contribution >= 0.6 is 0 Å². The van der Waals surface area contributed by atoms with Crippen molar-refractivity contribution in [3.63, 3.8) is 0 Å². The maximum absolute atomic E-state index is 12.3. The van der Waals surface area contributed by atoms with E-state index in [2.05, 4.69) is 12.2 Å². The van der Waals surface area contributed by atoms with Gasteiger partial charge >= 0.3 is 5.97 Å². The highest BCUT2D eigenvalue weighted by Crippen LogP contribution is 2.34. The molecule has 0 aliphatic heterocycles. The van der Waals surface area contributed by atoms with Crippen molar-refractivity contribution < 1.29 is 28.7 Å². The van der Waals surface area contributed by atoms with E-state index < -0.39 is 29.1 Å². The molecule has 1 aromatic rings. The summed E-state index contributed by atoms with van der Waals surface area (Å²) < 4.78 is 15.1. The minimum absolute atomic E-state index is 0.0559. The lowest BCUT2D eigenvalue weighted by atomic mass is 9.86. The first kappa shape index (κ1) is 20.5. The molecular formula is C18H24N2O7. The second-order valence-corrected chi connectivity index (χ2v) is 6.49. The third-order valence-electron chi connectivity index (χ3n) is 4.71. The van der Waals surface area contributed by atoms with Crippen molar-refractivity contribution in [3.8, 4) is 11.5 Å². The predicted octanol–water partition coefficient (Wildman–Crippen LogP) is 2.46. The molecule has 2 rings (SSSR count). The van der Waals surface area contributed by atoms with Crippen molar-refractivity contribution in [2.24, 2.45) is 5.92 Å². The third kappa shape index (κ3) is 5.08. The summed E-state index contributed by atoms with van der Waals surface area (Å²) in [6.07, 6.45) is 4.13. The zero-order valence-electron chi connectivity index (χ0n) is 15.6. The first-order valence-corrected chi connectivity index (χ1v) is 8.74. The van der Waals surface area contributed by atoms with Gasteiger partial charge in [0.05, 0.1) is 25.2 Å². The molecular weight excluding hydrogens is 356 g/mol. The lowest BCUT2D eigenvalue weighted by molar-refractivity contribution is -0.385. The molecule has 2 atom stereocenters. The molecule has 1 aliphatic carbocycles. The van der Waals surface area contributed by atoms with Crippen molar-refractivity contribution in [1.82, 2.24) is 5.32 Å². The van der Waals surface area contributed by atoms with Gasteiger partial charge in [-0.3, -0.25) is 14.9 Å². The Morgan fingerprint density at radius 2 is 1.81 bits per heavy atom. The summed E-state index contributed by atoms with van der Waals surface area (Å²) in [7, 11) is 2.67. The maximum atomic E-state index is 12.3. The van der Waals surface area contributed by atoms with Gasteiger partial charge in [-0.25, -0.2) is 4.79 Å². The topological polar surface area (TPSA) is 117 Å². The van der Waals surface area contributed by atoms with Gasteiger partial charge in [-0.1, -0.05) is 19.8 Å². The highest BCUT2D eigenvalue weighted by Gasteiger charge is 2.27. The number of nitrogens with one attached hydrogen (secondary N) is 1. The Morgan fingerprint density at radius 1 is 1.19 bits per heavy atom. The fourth-order valence-corrected chi connectivity index (χ4v) is 3.17. The van der Waals surface area contributed by atoms with Gasteiger partial charge in [0, 0.05) is 12.1 Å². The van der Waals surface area contributed by atoms with Crippen molar-refractivity contribution in [2.45, 2.75) is 38.6 Å². The number of rotatable bonds is 7. The number of methoxy groups -OCH3 is 2. The highest BCUT2D eigenvalue weighted by molar-refractivity contribution is 5.96. The monoisotopic (exact) mass is 380 g/mol. The van der Waals surface area contributed by atoms with Crippen LogP contribution in [0.1, 0.15) is 43.0 Å². The van der Waals surface area contributed by atoms with E-state index in [4.69, 9.17) is 14.2 Å². The van der Waals surface area contributed by atoms with Crippen LogP contribution < -0.4 is 14.8 Å². The van der Waals surface area contributed by atoms with Gasteiger partial charge in [0.25, 0.3) is 11.6 Å². The quantitative estimate of drug-likeness (QED) is 0.439. The first-order chi connectivity index (χ1) is 12.9. The second-order valence-electron chi connectivity index (χ2n) is 6.49. The van der Waals surface area contributed by atoms with Crippen molar-refractivity contribution >= 4 is 17.6 Å². The summed E-state index contributed by atoms with van der Waals surface area (Å²) in [6.45, 7) is 1.57. The summed E-state index contributed by atoms with van der Waals surface area (Å²) in [5.74, 6) is -0.773. The summed E-state index contributed by atoms with van der Waals surface area (Å²) in [5, 5.41) is 14.1. The van der Waals surface area contributed by atoms with Crippen LogP contribution in [-0.2, 0) is 9.53 Å². The van der Waals surface area contributed by atoms with Gasteiger partial charge in [0.1, 0.15) is 5.56 Å². The number of nitro groups is 1. The van der Waals surface area contributed by atoms with Gasteiger partial charge in [-0.15, -0.1) is 0 Å². The average molecular weight is 380 g/mol. The second kappa shape index (κ2) is 9.20. The van der Waals surface area contributed by atoms with E-state index in [1.807, 2.05) is 0 Å². The largest absolute Gasteiger partial charge is 0.493 e. The van der Waals surface area contributed by atoms with Gasteiger partial charge in [-0.05, 0) is 18.8 Å². The molecule has 9 nitrogen and oxygen atoms in total. The van der Waals surface area contributed by atoms with Crippen LogP contribution in [0.5, 0.6) is 11.5 Å². The number of nitrogens with zero attached hydrogens (tertiary/aromatic N) is 1. The van der Waals surface area contributed by atoms with Crippen molar-refractivity contribution in [2.75, 3.05) is 20.8 Å². The molecule has 148 valence electrons. The standard InChI is InChI=1S/C18H24N2O7/c1-11-6-4-5-7-13(11)19-17(21)10-27-18(22)12-8-15(25-2)16(26-3)9-14(12)20(23)24/h8-9,11,13H,4-7,10H2,1-3H3,(H,19,21). The fourth-order valence-electron chi connectivity index (χ4n) is 3.17. The molecule has 0 bridgehead atoms. The van der Waals surface area contributed by atoms with Crippen LogP contribution in [0.15, 0.2) is 12.1 Å². The summed E-state index contributed by atoms with van der Waals surface area (Å²) >= 11 is 0. The Kier molecular flexibility index (Phi) is 6.98. The lowest BCUT2D eigenvalue weighted by Gasteiger charge is -2.29. The molecule has 27 heavy (non-hydrogen) atoms. The lowest BCUT2D eigenvalue weighted by Crippen LogP contribution is -2.42. The minimum Gasteiger partial charge on any atom is -0.493 e. The van der Waals surface area contributed by atoms with Crippen LogP contribution in [0.2, 0.25) is 0 Å². The van der Waals surface area contributed by atoms with E-state index in [9.17, 15) is 19.7 Å². The molecule has 0 radical (unpaired) electrons. The van der Waals surface area contributed by atoms with Gasteiger partial charge < -0.3 is 19.5 Å². The van der Waals surface area contributed by atoms with E-state index in [-0.39, 0.29) is 23.1 Å². The number of benzene rings is 1. The van der Waals surface area contributed by atoms with E-state index >= 15 is 0 Å². The number of hydrogen-bond donors (Lipinski definition) is 1. The number of esters is 1. The van der Waals surface area contributed by atoms with E-state index in [1.165, 1.54) is 20.3 Å². The minimum atomic E-state index is -0.977. The zero-order chi connectivity index (χ0) is 20.0. The molecule has 0 spiro atoms. The normalized spacial score (nSPS) is 19.1. The number of carbonyl (C=O) groups excluding carboxylic acids is 2. The molecule has 0 aromatic heterocycles. The molecule has 1 aliphatic rings. The maximum Gasteiger partial charge on any atom is 0.345 e. The van der Waals surface area contributed by atoms with E-state index in [0.717, 1.165) is 31.7 Å². The summed E-state index contributed by atoms with van der Waals surface area (Å²) in [4.78, 5) is 34.9. The fraction of sp³-hybridized carbons (Fsp3) is 0.556. The molecule has 2 unspecified atom stereocenters. The van der Waals surface area contributed by atoms with Crippen LogP contribution in [0.25, 0.3) is 0 Å². The number of hydrogen-bond acceptors (Lipinski definition) is 7. The Hall–Kier alpha value is -2.84. The summed E-state index contributed by atoms with van der Waals surface area (Å²) in [5.41, 5.74) is -0.796. The van der Waals surface area contributed by atoms with Crippen LogP contribution in [-0.4, -0.2) is 43.7 Å².